The second-order valence-corrected chi connectivity index (χ2v) is 9.18. The molecule has 1 aliphatic heterocycles. The Kier molecular flexibility index (Phi) is 6.74. The van der Waals surface area contributed by atoms with E-state index in [4.69, 9.17) is 4.74 Å². The molecule has 3 aromatic rings. The van der Waals surface area contributed by atoms with Crippen molar-refractivity contribution in [2.45, 2.75) is 13.5 Å². The minimum atomic E-state index is -0.524. The quantitative estimate of drug-likeness (QED) is 0.525. The number of piperazine rings is 1. The fourth-order valence-electron chi connectivity index (χ4n) is 3.40. The van der Waals surface area contributed by atoms with Gasteiger partial charge in [-0.05, 0) is 24.4 Å². The number of hydrogen-bond acceptors (Lipinski definition) is 7. The summed E-state index contributed by atoms with van der Waals surface area (Å²) in [6.07, 6.45) is 0. The topological polar surface area (TPSA) is 62.7 Å². The molecule has 0 saturated carbocycles. The van der Waals surface area contributed by atoms with Crippen LogP contribution in [0.2, 0.25) is 0 Å². The number of amides is 1. The van der Waals surface area contributed by atoms with E-state index in [-0.39, 0.29) is 18.3 Å². The van der Waals surface area contributed by atoms with Gasteiger partial charge < -0.3 is 9.64 Å². The lowest BCUT2D eigenvalue weighted by atomic mass is 10.2. The summed E-state index contributed by atoms with van der Waals surface area (Å²) in [5.74, 6) is -0.961. The van der Waals surface area contributed by atoms with Crippen LogP contribution in [0.3, 0.4) is 0 Å². The van der Waals surface area contributed by atoms with E-state index in [9.17, 15) is 14.0 Å². The highest BCUT2D eigenvalue weighted by molar-refractivity contribution is 7.22. The SMILES string of the molecule is Cc1nc(-c2cccs2)sc1C(=O)OCC(=O)N1CCN(Cc2ccccc2F)CC1. The van der Waals surface area contributed by atoms with E-state index < -0.39 is 5.97 Å². The van der Waals surface area contributed by atoms with Crippen molar-refractivity contribution in [2.24, 2.45) is 0 Å². The summed E-state index contributed by atoms with van der Waals surface area (Å²) in [6.45, 7) is 4.32. The van der Waals surface area contributed by atoms with Crippen LogP contribution >= 0.6 is 22.7 Å². The van der Waals surface area contributed by atoms with Gasteiger partial charge >= 0.3 is 5.97 Å². The molecule has 1 aliphatic rings. The molecule has 0 aliphatic carbocycles. The molecule has 0 atom stereocenters. The van der Waals surface area contributed by atoms with Crippen molar-refractivity contribution in [3.8, 4) is 9.88 Å². The number of aryl methyl sites for hydroxylation is 1. The lowest BCUT2D eigenvalue weighted by molar-refractivity contribution is -0.136. The monoisotopic (exact) mass is 459 g/mol. The Morgan fingerprint density at radius 3 is 2.61 bits per heavy atom. The number of ether oxygens (including phenoxy) is 1. The number of thiazole rings is 1. The molecule has 162 valence electrons. The van der Waals surface area contributed by atoms with Crippen LogP contribution in [0.1, 0.15) is 20.9 Å². The first kappa shape index (κ1) is 21.6. The van der Waals surface area contributed by atoms with Crippen LogP contribution in [-0.4, -0.2) is 59.4 Å². The molecule has 31 heavy (non-hydrogen) atoms. The van der Waals surface area contributed by atoms with Crippen LogP contribution in [0.15, 0.2) is 41.8 Å². The normalized spacial score (nSPS) is 14.6. The number of thiophene rings is 1. The Hall–Kier alpha value is -2.62. The van der Waals surface area contributed by atoms with Gasteiger partial charge in [0.05, 0.1) is 10.6 Å². The van der Waals surface area contributed by atoms with Gasteiger partial charge in [-0.1, -0.05) is 24.3 Å². The molecule has 0 bridgehead atoms. The molecule has 1 aromatic carbocycles. The van der Waals surface area contributed by atoms with Crippen LogP contribution in [0, 0.1) is 12.7 Å². The van der Waals surface area contributed by atoms with Crippen molar-refractivity contribution >= 4 is 34.6 Å². The summed E-state index contributed by atoms with van der Waals surface area (Å²) in [7, 11) is 0. The standard InChI is InChI=1S/C22H22FN3O3S2/c1-15-20(31-21(24-15)18-7-4-12-30-18)22(28)29-14-19(27)26-10-8-25(9-11-26)13-16-5-2-3-6-17(16)23/h2-7,12H,8-11,13-14H2,1H3. The summed E-state index contributed by atoms with van der Waals surface area (Å²) < 4.78 is 19.1. The smallest absolute Gasteiger partial charge is 0.350 e. The molecule has 1 fully saturated rings. The third kappa shape index (κ3) is 5.17. The number of carbonyl (C=O) groups is 2. The first-order valence-corrected chi connectivity index (χ1v) is 11.6. The maximum atomic E-state index is 13.8. The highest BCUT2D eigenvalue weighted by atomic mass is 32.1. The minimum absolute atomic E-state index is 0.214. The van der Waals surface area contributed by atoms with Crippen molar-refractivity contribution in [1.82, 2.24) is 14.8 Å². The minimum Gasteiger partial charge on any atom is -0.451 e. The number of carbonyl (C=O) groups excluding carboxylic acids is 2. The van der Waals surface area contributed by atoms with E-state index in [1.54, 1.807) is 35.3 Å². The molecule has 4 rings (SSSR count). The van der Waals surface area contributed by atoms with Crippen molar-refractivity contribution in [1.29, 1.82) is 0 Å². The lowest BCUT2D eigenvalue weighted by Crippen LogP contribution is -2.49. The summed E-state index contributed by atoms with van der Waals surface area (Å²) >= 11 is 2.84. The molecule has 9 heteroatoms. The van der Waals surface area contributed by atoms with Gasteiger partial charge in [-0.25, -0.2) is 14.2 Å². The first-order valence-electron chi connectivity index (χ1n) is 9.93. The average molecular weight is 460 g/mol. The third-order valence-electron chi connectivity index (χ3n) is 5.12. The van der Waals surface area contributed by atoms with Crippen LogP contribution in [0.4, 0.5) is 4.39 Å². The second kappa shape index (κ2) is 9.67. The number of esters is 1. The predicted molar refractivity (Wildman–Crippen MR) is 119 cm³/mol. The van der Waals surface area contributed by atoms with Crippen LogP contribution < -0.4 is 0 Å². The van der Waals surface area contributed by atoms with Gasteiger partial charge in [-0.15, -0.1) is 22.7 Å². The Morgan fingerprint density at radius 2 is 1.90 bits per heavy atom. The molecule has 0 spiro atoms. The highest BCUT2D eigenvalue weighted by Gasteiger charge is 2.24. The molecule has 1 saturated heterocycles. The van der Waals surface area contributed by atoms with Crippen LogP contribution in [-0.2, 0) is 16.1 Å². The summed E-state index contributed by atoms with van der Waals surface area (Å²) in [6, 6.07) is 10.6. The number of nitrogens with zero attached hydrogens (tertiary/aromatic N) is 3. The van der Waals surface area contributed by atoms with E-state index in [1.807, 2.05) is 23.6 Å². The number of rotatable bonds is 6. The zero-order chi connectivity index (χ0) is 21.8. The fourth-order valence-corrected chi connectivity index (χ4v) is 5.16. The third-order valence-corrected chi connectivity index (χ3v) is 7.29. The van der Waals surface area contributed by atoms with Crippen molar-refractivity contribution in [3.63, 3.8) is 0 Å². The molecular weight excluding hydrogens is 437 g/mol. The van der Waals surface area contributed by atoms with Gasteiger partial charge in [0.1, 0.15) is 15.7 Å². The van der Waals surface area contributed by atoms with Gasteiger partial charge in [-0.2, -0.15) is 0 Å². The Morgan fingerprint density at radius 1 is 1.13 bits per heavy atom. The Labute approximate surface area is 187 Å². The zero-order valence-electron chi connectivity index (χ0n) is 17.0. The van der Waals surface area contributed by atoms with Gasteiger partial charge in [-0.3, -0.25) is 9.69 Å². The Balaban J connectivity index is 1.26. The largest absolute Gasteiger partial charge is 0.451 e. The molecular formula is C22H22FN3O3S2. The van der Waals surface area contributed by atoms with E-state index in [0.29, 0.717) is 48.9 Å². The molecule has 0 unspecified atom stereocenters. The molecule has 0 N–H and O–H groups in total. The summed E-state index contributed by atoms with van der Waals surface area (Å²) in [4.78, 5) is 34.6. The molecule has 6 nitrogen and oxygen atoms in total. The Bertz CT molecular complexity index is 1060. The van der Waals surface area contributed by atoms with Gasteiger partial charge in [0.2, 0.25) is 0 Å². The number of aromatic nitrogens is 1. The first-order chi connectivity index (χ1) is 15.0. The number of benzene rings is 1. The van der Waals surface area contributed by atoms with Crippen LogP contribution in [0.25, 0.3) is 9.88 Å². The van der Waals surface area contributed by atoms with Gasteiger partial charge in [0.15, 0.2) is 6.61 Å². The predicted octanol–water partition coefficient (Wildman–Crippen LogP) is 3.82. The molecule has 2 aromatic heterocycles. The zero-order valence-corrected chi connectivity index (χ0v) is 18.7. The van der Waals surface area contributed by atoms with Crippen molar-refractivity contribution in [2.75, 3.05) is 32.8 Å². The molecule has 3 heterocycles. The maximum absolute atomic E-state index is 13.8. The summed E-state index contributed by atoms with van der Waals surface area (Å²) in [5, 5.41) is 2.73. The molecule has 0 radical (unpaired) electrons. The lowest BCUT2D eigenvalue weighted by Gasteiger charge is -2.34. The van der Waals surface area contributed by atoms with E-state index in [2.05, 4.69) is 9.88 Å². The summed E-state index contributed by atoms with van der Waals surface area (Å²) in [5.41, 5.74) is 1.26. The fraction of sp³-hybridized carbons (Fsp3) is 0.318. The van der Waals surface area contributed by atoms with Crippen molar-refractivity contribution < 1.29 is 18.7 Å². The number of hydrogen-bond donors (Lipinski definition) is 0. The van der Waals surface area contributed by atoms with Crippen molar-refractivity contribution in [3.05, 3.63) is 63.7 Å². The van der Waals surface area contributed by atoms with E-state index in [1.165, 1.54) is 17.4 Å². The second-order valence-electron chi connectivity index (χ2n) is 7.24. The maximum Gasteiger partial charge on any atom is 0.350 e. The van der Waals surface area contributed by atoms with E-state index in [0.717, 1.165) is 9.88 Å². The van der Waals surface area contributed by atoms with E-state index >= 15 is 0 Å². The highest BCUT2D eigenvalue weighted by Crippen LogP contribution is 2.31. The number of halogens is 1. The van der Waals surface area contributed by atoms with Gasteiger partial charge in [0, 0.05) is 38.3 Å². The van der Waals surface area contributed by atoms with Crippen LogP contribution in [0.5, 0.6) is 0 Å². The molecule has 1 amide bonds. The average Bonchev–Trinajstić information content (AvgIpc) is 3.44. The van der Waals surface area contributed by atoms with Gasteiger partial charge in [0.25, 0.3) is 5.91 Å².